The lowest BCUT2D eigenvalue weighted by molar-refractivity contribution is -0.134. The van der Waals surface area contributed by atoms with Crippen molar-refractivity contribution >= 4 is 17.5 Å². The molecule has 0 bridgehead atoms. The highest BCUT2D eigenvalue weighted by atomic mass is 35.5. The van der Waals surface area contributed by atoms with E-state index in [0.29, 0.717) is 30.1 Å². The first kappa shape index (κ1) is 18.5. The Kier molecular flexibility index (Phi) is 5.21. The number of carbonyl (C=O) groups is 1. The second-order valence-electron chi connectivity index (χ2n) is 7.58. The van der Waals surface area contributed by atoms with E-state index in [4.69, 9.17) is 16.3 Å². The number of nitrogens with zero attached hydrogens (tertiary/aromatic N) is 4. The number of benzene rings is 1. The molecule has 1 amide bonds. The van der Waals surface area contributed by atoms with Crippen LogP contribution in [0, 0.1) is 0 Å². The Morgan fingerprint density at radius 2 is 2.11 bits per heavy atom. The van der Waals surface area contributed by atoms with Crippen molar-refractivity contribution in [3.05, 3.63) is 41.7 Å². The summed E-state index contributed by atoms with van der Waals surface area (Å²) in [5, 5.41) is 0.714. The average Bonchev–Trinajstić information content (AvgIpc) is 3.28. The molecule has 1 aromatic carbocycles. The highest BCUT2D eigenvalue weighted by Crippen LogP contribution is 2.35. The highest BCUT2D eigenvalue weighted by Gasteiger charge is 2.39. The molecule has 4 rings (SSSR count). The third kappa shape index (κ3) is 3.74. The van der Waals surface area contributed by atoms with Gasteiger partial charge in [-0.25, -0.2) is 4.98 Å². The molecule has 3 atom stereocenters. The highest BCUT2D eigenvalue weighted by molar-refractivity contribution is 6.33. The van der Waals surface area contributed by atoms with Crippen molar-refractivity contribution in [2.45, 2.75) is 31.0 Å². The van der Waals surface area contributed by atoms with Crippen LogP contribution in [0.2, 0.25) is 5.02 Å². The fourth-order valence-electron chi connectivity index (χ4n) is 4.08. The molecule has 2 saturated heterocycles. The Morgan fingerprint density at radius 1 is 1.30 bits per heavy atom. The predicted octanol–water partition coefficient (Wildman–Crippen LogP) is 2.70. The molecule has 0 N–H and O–H groups in total. The quantitative estimate of drug-likeness (QED) is 0.808. The van der Waals surface area contributed by atoms with Crippen LogP contribution in [-0.4, -0.2) is 71.2 Å². The number of rotatable bonds is 4. The number of halogens is 1. The summed E-state index contributed by atoms with van der Waals surface area (Å²) in [5.74, 6) is 1.02. The van der Waals surface area contributed by atoms with E-state index in [-0.39, 0.29) is 12.0 Å². The lowest BCUT2D eigenvalue weighted by Crippen LogP contribution is -2.47. The maximum Gasteiger partial charge on any atom is 0.224 e. The van der Waals surface area contributed by atoms with Crippen molar-refractivity contribution in [3.63, 3.8) is 0 Å². The number of ether oxygens (including phenoxy) is 1. The molecule has 0 radical (unpaired) electrons. The van der Waals surface area contributed by atoms with Crippen LogP contribution < -0.4 is 0 Å². The van der Waals surface area contributed by atoms with Crippen molar-refractivity contribution in [2.75, 3.05) is 33.8 Å². The predicted molar refractivity (Wildman–Crippen MR) is 105 cm³/mol. The summed E-state index contributed by atoms with van der Waals surface area (Å²) < 4.78 is 8.21. The largest absolute Gasteiger partial charge is 0.375 e. The number of amides is 1. The van der Waals surface area contributed by atoms with E-state index in [1.54, 1.807) is 19.0 Å². The lowest BCUT2D eigenvalue weighted by Gasteiger charge is -2.35. The van der Waals surface area contributed by atoms with Crippen LogP contribution in [0.5, 0.6) is 0 Å². The Labute approximate surface area is 164 Å². The maximum absolute atomic E-state index is 12.0. The van der Waals surface area contributed by atoms with Crippen molar-refractivity contribution in [3.8, 4) is 11.4 Å². The minimum Gasteiger partial charge on any atom is -0.375 e. The Morgan fingerprint density at radius 3 is 2.89 bits per heavy atom. The topological polar surface area (TPSA) is 50.6 Å². The number of imidazole rings is 1. The zero-order valence-corrected chi connectivity index (χ0v) is 16.5. The molecule has 0 saturated carbocycles. The molecule has 0 unspecified atom stereocenters. The van der Waals surface area contributed by atoms with Crippen LogP contribution in [-0.2, 0) is 9.53 Å². The van der Waals surface area contributed by atoms with Gasteiger partial charge in [0.2, 0.25) is 5.91 Å². The zero-order chi connectivity index (χ0) is 19.0. The number of hydrogen-bond acceptors (Lipinski definition) is 4. The average molecular weight is 389 g/mol. The van der Waals surface area contributed by atoms with Gasteiger partial charge >= 0.3 is 0 Å². The summed E-state index contributed by atoms with van der Waals surface area (Å²) in [6.07, 6.45) is 5.31. The maximum atomic E-state index is 12.0. The lowest BCUT2D eigenvalue weighted by atomic mass is 10.1. The van der Waals surface area contributed by atoms with Gasteiger partial charge in [-0.3, -0.25) is 9.69 Å². The van der Waals surface area contributed by atoms with Crippen molar-refractivity contribution in [1.82, 2.24) is 19.4 Å². The van der Waals surface area contributed by atoms with Crippen LogP contribution in [0.4, 0.5) is 0 Å². The second-order valence-corrected chi connectivity index (χ2v) is 7.99. The standard InChI is InChI=1S/C20H25ClN4O2/c1-23(2)19(26)10-16-12-24-11-14(9-15(24)13-27-16)25-8-7-22-20(25)17-5-3-4-6-18(17)21/h3-8,14-16H,9-13H2,1-2H3/t14-,15+,16+/m1/s1. The summed E-state index contributed by atoms with van der Waals surface area (Å²) in [6, 6.07) is 8.54. The molecular weight excluding hydrogens is 364 g/mol. The van der Waals surface area contributed by atoms with Crippen LogP contribution in [0.25, 0.3) is 11.4 Å². The molecule has 6 nitrogen and oxygen atoms in total. The Bertz CT molecular complexity index is 822. The Hall–Kier alpha value is -1.89. The van der Waals surface area contributed by atoms with Gasteiger partial charge in [0.05, 0.1) is 24.2 Å². The van der Waals surface area contributed by atoms with Crippen LogP contribution >= 0.6 is 11.6 Å². The van der Waals surface area contributed by atoms with Crippen LogP contribution in [0.15, 0.2) is 36.7 Å². The summed E-state index contributed by atoms with van der Waals surface area (Å²) in [4.78, 5) is 20.6. The number of fused-ring (bicyclic) bond motifs is 1. The minimum atomic E-state index is -0.0271. The molecule has 0 spiro atoms. The molecule has 144 valence electrons. The van der Waals surface area contributed by atoms with E-state index in [2.05, 4.69) is 14.5 Å². The molecular formula is C20H25ClN4O2. The number of carbonyl (C=O) groups excluding carboxylic acids is 1. The summed E-state index contributed by atoms with van der Waals surface area (Å²) >= 11 is 6.39. The van der Waals surface area contributed by atoms with E-state index < -0.39 is 0 Å². The van der Waals surface area contributed by atoms with Gasteiger partial charge in [-0.2, -0.15) is 0 Å². The normalized spacial score (nSPS) is 25.4. The van der Waals surface area contributed by atoms with Gasteiger partial charge in [0.15, 0.2) is 0 Å². The second kappa shape index (κ2) is 7.62. The van der Waals surface area contributed by atoms with E-state index in [0.717, 1.165) is 30.9 Å². The van der Waals surface area contributed by atoms with Gasteiger partial charge in [0, 0.05) is 57.2 Å². The molecule has 2 aromatic rings. The number of morpholine rings is 1. The third-order valence-electron chi connectivity index (χ3n) is 5.55. The van der Waals surface area contributed by atoms with Crippen LogP contribution in [0.3, 0.4) is 0 Å². The van der Waals surface area contributed by atoms with E-state index in [9.17, 15) is 4.79 Å². The van der Waals surface area contributed by atoms with Gasteiger partial charge in [-0.05, 0) is 18.6 Å². The van der Waals surface area contributed by atoms with Gasteiger partial charge in [0.1, 0.15) is 5.82 Å². The molecule has 27 heavy (non-hydrogen) atoms. The van der Waals surface area contributed by atoms with E-state index in [1.165, 1.54) is 0 Å². The number of hydrogen-bond donors (Lipinski definition) is 0. The summed E-state index contributed by atoms with van der Waals surface area (Å²) in [6.45, 7) is 2.42. The van der Waals surface area contributed by atoms with E-state index in [1.807, 2.05) is 36.7 Å². The molecule has 7 heteroatoms. The fourth-order valence-corrected chi connectivity index (χ4v) is 4.30. The number of aromatic nitrogens is 2. The minimum absolute atomic E-state index is 0.0271. The molecule has 3 heterocycles. The van der Waals surface area contributed by atoms with Crippen molar-refractivity contribution in [1.29, 1.82) is 0 Å². The third-order valence-corrected chi connectivity index (χ3v) is 5.88. The monoisotopic (exact) mass is 388 g/mol. The Balaban J connectivity index is 1.48. The van der Waals surface area contributed by atoms with Gasteiger partial charge in [0.25, 0.3) is 0 Å². The molecule has 2 aliphatic rings. The SMILES string of the molecule is CN(C)C(=O)C[C@H]1CN2C[C@H](n3ccnc3-c3ccccc3Cl)C[C@H]2CO1. The first-order valence-electron chi connectivity index (χ1n) is 9.36. The van der Waals surface area contributed by atoms with Crippen molar-refractivity contribution in [2.24, 2.45) is 0 Å². The smallest absolute Gasteiger partial charge is 0.224 e. The van der Waals surface area contributed by atoms with Gasteiger partial charge in [-0.1, -0.05) is 23.7 Å². The molecule has 2 fully saturated rings. The molecule has 1 aromatic heterocycles. The van der Waals surface area contributed by atoms with E-state index >= 15 is 0 Å². The summed E-state index contributed by atoms with van der Waals surface area (Å²) in [5.41, 5.74) is 0.958. The molecule has 0 aliphatic carbocycles. The van der Waals surface area contributed by atoms with Crippen molar-refractivity contribution < 1.29 is 9.53 Å². The van der Waals surface area contributed by atoms with Gasteiger partial charge < -0.3 is 14.2 Å². The first-order chi connectivity index (χ1) is 13.0. The zero-order valence-electron chi connectivity index (χ0n) is 15.7. The first-order valence-corrected chi connectivity index (χ1v) is 9.74. The summed E-state index contributed by atoms with van der Waals surface area (Å²) in [7, 11) is 3.57. The van der Waals surface area contributed by atoms with Crippen LogP contribution in [0.1, 0.15) is 18.9 Å². The fraction of sp³-hybridized carbons (Fsp3) is 0.500. The molecule has 2 aliphatic heterocycles. The van der Waals surface area contributed by atoms with Gasteiger partial charge in [-0.15, -0.1) is 0 Å².